The third kappa shape index (κ3) is 2.83. The number of anilines is 2. The number of hydrogen-bond donors (Lipinski definition) is 1. The van der Waals surface area contributed by atoms with Gasteiger partial charge in [0, 0.05) is 37.3 Å². The molecule has 0 saturated carbocycles. The molecule has 1 N–H and O–H groups in total. The van der Waals surface area contributed by atoms with Gasteiger partial charge in [0.2, 0.25) is 0 Å². The summed E-state index contributed by atoms with van der Waals surface area (Å²) in [5.41, 5.74) is 3.40. The van der Waals surface area contributed by atoms with Gasteiger partial charge in [0.25, 0.3) is 0 Å². The second-order valence-corrected chi connectivity index (χ2v) is 7.31. The number of nitrogens with zero attached hydrogens (tertiary/aromatic N) is 5. The van der Waals surface area contributed by atoms with Gasteiger partial charge in [-0.15, -0.1) is 0 Å². The largest absolute Gasteiger partial charge is 0.478 e. The fourth-order valence-corrected chi connectivity index (χ4v) is 4.23. The van der Waals surface area contributed by atoms with Gasteiger partial charge < -0.3 is 14.9 Å². The molecule has 1 aromatic carbocycles. The maximum absolute atomic E-state index is 11.8. The lowest BCUT2D eigenvalue weighted by Gasteiger charge is -2.37. The van der Waals surface area contributed by atoms with Crippen molar-refractivity contribution in [3.63, 3.8) is 0 Å². The van der Waals surface area contributed by atoms with Gasteiger partial charge in [-0.2, -0.15) is 0 Å². The summed E-state index contributed by atoms with van der Waals surface area (Å²) < 4.78 is 0. The van der Waals surface area contributed by atoms with E-state index in [0.717, 1.165) is 60.3 Å². The van der Waals surface area contributed by atoms with Crippen LogP contribution < -0.4 is 9.80 Å². The average molecular weight is 375 g/mol. The fraction of sp³-hybridized carbons (Fsp3) is 0.333. The van der Waals surface area contributed by atoms with Crippen LogP contribution in [0.1, 0.15) is 28.0 Å². The van der Waals surface area contributed by atoms with Gasteiger partial charge in [-0.3, -0.25) is 0 Å². The molecule has 0 bridgehead atoms. The Morgan fingerprint density at radius 3 is 2.50 bits per heavy atom. The molecule has 1 aliphatic heterocycles. The Hall–Kier alpha value is -3.22. The molecule has 1 fully saturated rings. The molecule has 0 atom stereocenters. The minimum atomic E-state index is -0.901. The summed E-state index contributed by atoms with van der Waals surface area (Å²) in [5, 5.41) is 10.7. The summed E-state index contributed by atoms with van der Waals surface area (Å²) in [6.45, 7) is 2.95. The van der Waals surface area contributed by atoms with Gasteiger partial charge in [0.15, 0.2) is 0 Å². The molecule has 3 heterocycles. The van der Waals surface area contributed by atoms with Crippen LogP contribution >= 0.6 is 0 Å². The molecule has 7 nitrogen and oxygen atoms in total. The van der Waals surface area contributed by atoms with Gasteiger partial charge in [0.1, 0.15) is 23.5 Å². The molecule has 5 rings (SSSR count). The van der Waals surface area contributed by atoms with E-state index in [4.69, 9.17) is 4.98 Å². The van der Waals surface area contributed by atoms with Crippen LogP contribution in [0.15, 0.2) is 36.7 Å². The number of carbonyl (C=O) groups is 1. The van der Waals surface area contributed by atoms with E-state index in [1.54, 1.807) is 6.33 Å². The number of carboxylic acids is 1. The van der Waals surface area contributed by atoms with Gasteiger partial charge in [-0.1, -0.05) is 12.1 Å². The Balaban J connectivity index is 1.41. The molecule has 3 aromatic rings. The number of hydrogen-bond acceptors (Lipinski definition) is 6. The monoisotopic (exact) mass is 375 g/mol. The highest BCUT2D eigenvalue weighted by Crippen LogP contribution is 2.29. The van der Waals surface area contributed by atoms with Crippen molar-refractivity contribution in [3.8, 4) is 0 Å². The number of aromatic carboxylic acids is 1. The zero-order valence-corrected chi connectivity index (χ0v) is 15.5. The van der Waals surface area contributed by atoms with Crippen molar-refractivity contribution in [1.82, 2.24) is 15.0 Å². The van der Waals surface area contributed by atoms with Gasteiger partial charge >= 0.3 is 5.97 Å². The van der Waals surface area contributed by atoms with E-state index < -0.39 is 5.97 Å². The van der Waals surface area contributed by atoms with Crippen LogP contribution in [-0.4, -0.2) is 52.2 Å². The van der Waals surface area contributed by atoms with Crippen LogP contribution in [0.5, 0.6) is 0 Å². The lowest BCUT2D eigenvalue weighted by molar-refractivity contribution is 0.0697. The number of piperazine rings is 1. The van der Waals surface area contributed by atoms with E-state index in [2.05, 4.69) is 19.8 Å². The van der Waals surface area contributed by atoms with Crippen molar-refractivity contribution in [1.29, 1.82) is 0 Å². The summed E-state index contributed by atoms with van der Waals surface area (Å²) in [5.74, 6) is 0.646. The number of pyridine rings is 1. The fourth-order valence-electron chi connectivity index (χ4n) is 4.23. The molecule has 28 heavy (non-hydrogen) atoms. The van der Waals surface area contributed by atoms with E-state index in [-0.39, 0.29) is 0 Å². The number of aryl methyl sites for hydroxylation is 2. The minimum absolute atomic E-state index is 0.321. The molecule has 0 unspecified atom stereocenters. The molecule has 1 saturated heterocycles. The Morgan fingerprint density at radius 2 is 1.71 bits per heavy atom. The Kier molecular flexibility index (Phi) is 4.07. The van der Waals surface area contributed by atoms with Crippen LogP contribution in [0.4, 0.5) is 11.6 Å². The van der Waals surface area contributed by atoms with Crippen LogP contribution in [-0.2, 0) is 12.8 Å². The van der Waals surface area contributed by atoms with Crippen LogP contribution in [0.3, 0.4) is 0 Å². The minimum Gasteiger partial charge on any atom is -0.478 e. The van der Waals surface area contributed by atoms with Gasteiger partial charge in [0.05, 0.1) is 5.52 Å². The number of fused-ring (bicyclic) bond motifs is 2. The maximum atomic E-state index is 11.8. The zero-order chi connectivity index (χ0) is 19.1. The molecule has 142 valence electrons. The molecular weight excluding hydrogens is 354 g/mol. The third-order valence-corrected chi connectivity index (χ3v) is 5.66. The molecule has 0 spiro atoms. The highest BCUT2D eigenvalue weighted by molar-refractivity contribution is 5.94. The normalized spacial score (nSPS) is 16.4. The first kappa shape index (κ1) is 16.9. The summed E-state index contributed by atoms with van der Waals surface area (Å²) in [4.78, 5) is 29.7. The van der Waals surface area contributed by atoms with E-state index in [1.807, 2.05) is 30.3 Å². The topological polar surface area (TPSA) is 82.5 Å². The maximum Gasteiger partial charge on any atom is 0.339 e. The van der Waals surface area contributed by atoms with Crippen molar-refractivity contribution in [2.45, 2.75) is 19.3 Å². The van der Waals surface area contributed by atoms with Crippen molar-refractivity contribution in [2.75, 3.05) is 36.0 Å². The summed E-state index contributed by atoms with van der Waals surface area (Å²) in [7, 11) is 0. The summed E-state index contributed by atoms with van der Waals surface area (Å²) in [6, 6.07) is 9.84. The molecule has 7 heteroatoms. The molecule has 0 amide bonds. The smallest absolute Gasteiger partial charge is 0.339 e. The molecule has 2 aliphatic rings. The Morgan fingerprint density at radius 1 is 0.964 bits per heavy atom. The third-order valence-electron chi connectivity index (χ3n) is 5.66. The zero-order valence-electron chi connectivity index (χ0n) is 15.5. The van der Waals surface area contributed by atoms with Gasteiger partial charge in [-0.05, 0) is 43.0 Å². The number of rotatable bonds is 3. The average Bonchev–Trinajstić information content (AvgIpc) is 3.20. The standard InChI is InChI=1S/C21H21N5O2/c27-21(28)16-12-14-4-3-7-17(14)24-20(16)26-10-8-25(9-11-26)19-15-5-1-2-6-18(15)22-13-23-19/h1-2,5-6,12-13H,3-4,7-11H2,(H,27,28). The number of para-hydroxylation sites is 1. The Labute approximate surface area is 162 Å². The van der Waals surface area contributed by atoms with E-state index in [9.17, 15) is 9.90 Å². The molecular formula is C21H21N5O2. The van der Waals surface area contributed by atoms with Crippen molar-refractivity contribution < 1.29 is 9.90 Å². The first-order valence-corrected chi connectivity index (χ1v) is 9.66. The van der Waals surface area contributed by atoms with E-state index in [0.29, 0.717) is 24.5 Å². The van der Waals surface area contributed by atoms with E-state index in [1.165, 1.54) is 0 Å². The van der Waals surface area contributed by atoms with Gasteiger partial charge in [-0.25, -0.2) is 19.7 Å². The van der Waals surface area contributed by atoms with Crippen LogP contribution in [0.25, 0.3) is 10.9 Å². The second kappa shape index (κ2) is 6.74. The van der Waals surface area contributed by atoms with Crippen LogP contribution in [0.2, 0.25) is 0 Å². The molecule has 2 aromatic heterocycles. The first-order chi connectivity index (χ1) is 13.7. The first-order valence-electron chi connectivity index (χ1n) is 9.66. The van der Waals surface area contributed by atoms with Crippen molar-refractivity contribution in [2.24, 2.45) is 0 Å². The lowest BCUT2D eigenvalue weighted by atomic mass is 10.1. The lowest BCUT2D eigenvalue weighted by Crippen LogP contribution is -2.47. The number of aromatic nitrogens is 3. The van der Waals surface area contributed by atoms with Crippen molar-refractivity contribution in [3.05, 3.63) is 53.5 Å². The predicted molar refractivity (Wildman–Crippen MR) is 107 cm³/mol. The quantitative estimate of drug-likeness (QED) is 0.753. The summed E-state index contributed by atoms with van der Waals surface area (Å²) in [6.07, 6.45) is 4.53. The number of carboxylic acid groups (broad SMARTS) is 1. The van der Waals surface area contributed by atoms with Crippen molar-refractivity contribution >= 4 is 28.5 Å². The second-order valence-electron chi connectivity index (χ2n) is 7.31. The highest BCUT2D eigenvalue weighted by Gasteiger charge is 2.27. The highest BCUT2D eigenvalue weighted by atomic mass is 16.4. The molecule has 0 radical (unpaired) electrons. The van der Waals surface area contributed by atoms with Crippen LogP contribution in [0, 0.1) is 0 Å². The molecule has 1 aliphatic carbocycles. The van der Waals surface area contributed by atoms with E-state index >= 15 is 0 Å². The summed E-state index contributed by atoms with van der Waals surface area (Å²) >= 11 is 0. The number of benzene rings is 1. The predicted octanol–water partition coefficient (Wildman–Crippen LogP) is 2.54. The SMILES string of the molecule is O=C(O)c1cc2c(nc1N1CCN(c3ncnc4ccccc34)CC1)CCC2. The Bertz CT molecular complexity index is 1050.